The minimum absolute atomic E-state index is 0.508. The van der Waals surface area contributed by atoms with Gasteiger partial charge in [0, 0.05) is 29.6 Å². The summed E-state index contributed by atoms with van der Waals surface area (Å²) in [5.74, 6) is 0. The van der Waals surface area contributed by atoms with Crippen LogP contribution in [-0.4, -0.2) is 22.8 Å². The molecule has 0 bridgehead atoms. The molecule has 0 fully saturated rings. The van der Waals surface area contributed by atoms with Gasteiger partial charge in [0.1, 0.15) is 10.0 Å². The Morgan fingerprint density at radius 1 is 1.22 bits per heavy atom. The first-order valence-corrected chi connectivity index (χ1v) is 7.16. The molecular weight excluding hydrogens is 266 g/mol. The summed E-state index contributed by atoms with van der Waals surface area (Å²) < 4.78 is 0. The van der Waals surface area contributed by atoms with Gasteiger partial charge in [-0.25, -0.2) is 0 Å². The average Bonchev–Trinajstić information content (AvgIpc) is 2.78. The van der Waals surface area contributed by atoms with E-state index in [1.54, 1.807) is 11.3 Å². The molecule has 5 heteroatoms. The van der Waals surface area contributed by atoms with E-state index in [1.165, 1.54) is 0 Å². The van der Waals surface area contributed by atoms with Crippen LogP contribution in [0.5, 0.6) is 0 Å². The van der Waals surface area contributed by atoms with Crippen molar-refractivity contribution in [2.24, 2.45) is 0 Å². The van der Waals surface area contributed by atoms with Gasteiger partial charge in [-0.3, -0.25) is 0 Å². The number of aromatic nitrogens is 2. The van der Waals surface area contributed by atoms with Crippen LogP contribution < -0.4 is 5.32 Å². The maximum atomic E-state index is 5.86. The van der Waals surface area contributed by atoms with Crippen LogP contribution in [0.4, 0.5) is 0 Å². The fourth-order valence-corrected chi connectivity index (χ4v) is 2.50. The van der Waals surface area contributed by atoms with Crippen LogP contribution in [0.25, 0.3) is 10.6 Å². The zero-order valence-electron chi connectivity index (χ0n) is 10.5. The molecule has 0 unspecified atom stereocenters. The van der Waals surface area contributed by atoms with E-state index in [0.29, 0.717) is 6.04 Å². The van der Waals surface area contributed by atoms with Crippen LogP contribution in [0.1, 0.15) is 18.9 Å². The fourth-order valence-electron chi connectivity index (χ4n) is 1.53. The molecule has 2 aromatic rings. The van der Waals surface area contributed by atoms with Crippen molar-refractivity contribution in [3.05, 3.63) is 34.3 Å². The number of nitrogens with one attached hydrogen (secondary N) is 1. The van der Waals surface area contributed by atoms with Gasteiger partial charge in [-0.1, -0.05) is 48.9 Å². The Labute approximate surface area is 116 Å². The lowest BCUT2D eigenvalue weighted by Crippen LogP contribution is -2.24. The van der Waals surface area contributed by atoms with Crippen molar-refractivity contribution < 1.29 is 0 Å². The Kier molecular flexibility index (Phi) is 4.69. The van der Waals surface area contributed by atoms with Crippen LogP contribution in [-0.2, 0) is 6.42 Å². The summed E-state index contributed by atoms with van der Waals surface area (Å²) in [6, 6.07) is 8.20. The van der Waals surface area contributed by atoms with Crippen molar-refractivity contribution in [1.29, 1.82) is 0 Å². The number of rotatable bonds is 5. The van der Waals surface area contributed by atoms with Gasteiger partial charge in [-0.2, -0.15) is 0 Å². The maximum Gasteiger partial charge on any atom is 0.147 e. The van der Waals surface area contributed by atoms with Crippen molar-refractivity contribution in [2.45, 2.75) is 26.3 Å². The number of hydrogen-bond donors (Lipinski definition) is 1. The highest BCUT2D eigenvalue weighted by Gasteiger charge is 2.06. The van der Waals surface area contributed by atoms with Crippen LogP contribution in [0.3, 0.4) is 0 Å². The third-order valence-electron chi connectivity index (χ3n) is 2.45. The molecule has 0 saturated heterocycles. The standard InChI is InChI=1S/C13H16ClN3S/c1-9(2)15-8-7-12-16-17-13(18-12)10-3-5-11(14)6-4-10/h3-6,9,15H,7-8H2,1-2H3. The largest absolute Gasteiger partial charge is 0.314 e. The lowest BCUT2D eigenvalue weighted by Gasteiger charge is -2.05. The lowest BCUT2D eigenvalue weighted by molar-refractivity contribution is 0.588. The second-order valence-corrected chi connectivity index (χ2v) is 5.87. The Morgan fingerprint density at radius 3 is 2.61 bits per heavy atom. The smallest absolute Gasteiger partial charge is 0.147 e. The summed E-state index contributed by atoms with van der Waals surface area (Å²) in [5.41, 5.74) is 1.07. The Hall–Kier alpha value is -0.970. The maximum absolute atomic E-state index is 5.86. The number of halogens is 1. The Morgan fingerprint density at radius 2 is 1.94 bits per heavy atom. The van der Waals surface area contributed by atoms with Gasteiger partial charge in [0.25, 0.3) is 0 Å². The van der Waals surface area contributed by atoms with Gasteiger partial charge in [-0.15, -0.1) is 10.2 Å². The van der Waals surface area contributed by atoms with E-state index in [9.17, 15) is 0 Å². The van der Waals surface area contributed by atoms with Crippen molar-refractivity contribution in [3.63, 3.8) is 0 Å². The first-order chi connectivity index (χ1) is 8.65. The molecule has 18 heavy (non-hydrogen) atoms. The van der Waals surface area contributed by atoms with Crippen LogP contribution >= 0.6 is 22.9 Å². The van der Waals surface area contributed by atoms with E-state index in [0.717, 1.165) is 33.6 Å². The molecule has 0 amide bonds. The summed E-state index contributed by atoms with van der Waals surface area (Å²) in [6.07, 6.45) is 0.920. The SMILES string of the molecule is CC(C)NCCc1nnc(-c2ccc(Cl)cc2)s1. The second-order valence-electron chi connectivity index (χ2n) is 4.37. The quantitative estimate of drug-likeness (QED) is 0.913. The normalized spacial score (nSPS) is 11.1. The molecule has 1 aromatic carbocycles. The highest BCUT2D eigenvalue weighted by molar-refractivity contribution is 7.14. The van der Waals surface area contributed by atoms with E-state index < -0.39 is 0 Å². The van der Waals surface area contributed by atoms with Crippen LogP contribution in [0.2, 0.25) is 5.02 Å². The van der Waals surface area contributed by atoms with Crippen LogP contribution in [0.15, 0.2) is 24.3 Å². The zero-order valence-corrected chi connectivity index (χ0v) is 12.1. The Balaban J connectivity index is 1.99. The number of benzene rings is 1. The molecule has 1 N–H and O–H groups in total. The van der Waals surface area contributed by atoms with Crippen molar-refractivity contribution in [3.8, 4) is 10.6 Å². The van der Waals surface area contributed by atoms with E-state index in [2.05, 4.69) is 29.4 Å². The van der Waals surface area contributed by atoms with E-state index in [-0.39, 0.29) is 0 Å². The van der Waals surface area contributed by atoms with E-state index in [1.807, 2.05) is 24.3 Å². The molecule has 0 atom stereocenters. The molecule has 0 aliphatic carbocycles. The average molecular weight is 282 g/mol. The molecule has 0 spiro atoms. The molecule has 1 heterocycles. The minimum Gasteiger partial charge on any atom is -0.314 e. The number of nitrogens with zero attached hydrogens (tertiary/aromatic N) is 2. The lowest BCUT2D eigenvalue weighted by atomic mass is 10.2. The summed E-state index contributed by atoms with van der Waals surface area (Å²) >= 11 is 7.50. The highest BCUT2D eigenvalue weighted by atomic mass is 35.5. The predicted octanol–water partition coefficient (Wildman–Crippen LogP) is 3.40. The molecule has 2 rings (SSSR count). The Bertz CT molecular complexity index is 493. The first-order valence-electron chi connectivity index (χ1n) is 5.97. The van der Waals surface area contributed by atoms with Crippen molar-refractivity contribution in [2.75, 3.05) is 6.54 Å². The second kappa shape index (κ2) is 6.27. The molecule has 1 aromatic heterocycles. The topological polar surface area (TPSA) is 37.8 Å². The minimum atomic E-state index is 0.508. The predicted molar refractivity (Wildman–Crippen MR) is 77.2 cm³/mol. The van der Waals surface area contributed by atoms with E-state index >= 15 is 0 Å². The molecule has 3 nitrogen and oxygen atoms in total. The van der Waals surface area contributed by atoms with Gasteiger partial charge >= 0.3 is 0 Å². The molecule has 0 radical (unpaired) electrons. The van der Waals surface area contributed by atoms with Gasteiger partial charge in [0.15, 0.2) is 0 Å². The zero-order chi connectivity index (χ0) is 13.0. The number of hydrogen-bond acceptors (Lipinski definition) is 4. The first kappa shape index (κ1) is 13.5. The van der Waals surface area contributed by atoms with Gasteiger partial charge in [-0.05, 0) is 12.1 Å². The van der Waals surface area contributed by atoms with Crippen LogP contribution in [0, 0.1) is 0 Å². The van der Waals surface area contributed by atoms with E-state index in [4.69, 9.17) is 11.6 Å². The van der Waals surface area contributed by atoms with Gasteiger partial charge in [0.05, 0.1) is 0 Å². The van der Waals surface area contributed by atoms with Gasteiger partial charge < -0.3 is 5.32 Å². The molecule has 96 valence electrons. The summed E-state index contributed by atoms with van der Waals surface area (Å²) in [5, 5.41) is 14.5. The van der Waals surface area contributed by atoms with Crippen molar-refractivity contribution in [1.82, 2.24) is 15.5 Å². The van der Waals surface area contributed by atoms with Crippen molar-refractivity contribution >= 4 is 22.9 Å². The fraction of sp³-hybridized carbons (Fsp3) is 0.385. The molecule has 0 aliphatic rings. The highest BCUT2D eigenvalue weighted by Crippen LogP contribution is 2.24. The molecular formula is C13H16ClN3S. The molecule has 0 aliphatic heterocycles. The monoisotopic (exact) mass is 281 g/mol. The molecule has 0 saturated carbocycles. The third kappa shape index (κ3) is 3.77. The summed E-state index contributed by atoms with van der Waals surface area (Å²) in [7, 11) is 0. The summed E-state index contributed by atoms with van der Waals surface area (Å²) in [6.45, 7) is 5.21. The third-order valence-corrected chi connectivity index (χ3v) is 3.73. The summed E-state index contributed by atoms with van der Waals surface area (Å²) in [4.78, 5) is 0. The van der Waals surface area contributed by atoms with Gasteiger partial charge in [0.2, 0.25) is 0 Å².